The van der Waals surface area contributed by atoms with Gasteiger partial charge in [0.1, 0.15) is 0 Å². The summed E-state index contributed by atoms with van der Waals surface area (Å²) in [5, 5.41) is 8.58. The average molecular weight is 255 g/mol. The topological polar surface area (TPSA) is 49.8 Å². The van der Waals surface area contributed by atoms with E-state index < -0.39 is 25.2 Å². The molecule has 0 unspecified atom stereocenters. The van der Waals surface area contributed by atoms with Crippen LogP contribution in [0.25, 0.3) is 0 Å². The number of carbonyl (C=O) groups is 1. The molecule has 0 aromatic heterocycles. The van der Waals surface area contributed by atoms with Crippen LogP contribution in [0.2, 0.25) is 0 Å². The molecule has 1 aliphatic rings. The number of rotatable bonds is 5. The molecule has 1 aliphatic heterocycles. The molecule has 0 aliphatic carbocycles. The summed E-state index contributed by atoms with van der Waals surface area (Å²) in [5.74, 6) is -1.15. The van der Waals surface area contributed by atoms with Gasteiger partial charge >= 0.3 is 12.1 Å². The molecule has 1 saturated heterocycles. The number of hydrogen-bond donors (Lipinski definition) is 1. The minimum Gasteiger partial charge on any atom is -0.480 e. The van der Waals surface area contributed by atoms with Crippen LogP contribution in [0.5, 0.6) is 0 Å². The van der Waals surface area contributed by atoms with Crippen LogP contribution in [0.4, 0.5) is 13.2 Å². The Balaban J connectivity index is 2.46. The lowest BCUT2D eigenvalue weighted by Crippen LogP contribution is -2.41. The van der Waals surface area contributed by atoms with Crippen molar-refractivity contribution >= 4 is 5.97 Å². The Labute approximate surface area is 97.3 Å². The van der Waals surface area contributed by atoms with Gasteiger partial charge in [-0.2, -0.15) is 13.2 Å². The van der Waals surface area contributed by atoms with Crippen molar-refractivity contribution in [3.05, 3.63) is 0 Å². The first-order chi connectivity index (χ1) is 7.87. The molecule has 0 radical (unpaired) electrons. The number of aliphatic carboxylic acids is 1. The Morgan fingerprint density at radius 3 is 2.41 bits per heavy atom. The monoisotopic (exact) mass is 255 g/mol. The van der Waals surface area contributed by atoms with Gasteiger partial charge in [-0.15, -0.1) is 0 Å². The highest BCUT2D eigenvalue weighted by molar-refractivity contribution is 5.69. The van der Waals surface area contributed by atoms with E-state index in [0.29, 0.717) is 26.1 Å². The lowest BCUT2D eigenvalue weighted by Gasteiger charge is -2.29. The fourth-order valence-corrected chi connectivity index (χ4v) is 1.92. The van der Waals surface area contributed by atoms with Crippen molar-refractivity contribution in [2.75, 3.05) is 32.8 Å². The van der Waals surface area contributed by atoms with E-state index in [-0.39, 0.29) is 12.5 Å². The molecule has 0 saturated carbocycles. The largest absolute Gasteiger partial charge is 0.480 e. The van der Waals surface area contributed by atoms with Gasteiger partial charge in [-0.1, -0.05) is 0 Å². The van der Waals surface area contributed by atoms with E-state index in [9.17, 15) is 18.0 Å². The summed E-state index contributed by atoms with van der Waals surface area (Å²) in [4.78, 5) is 11.4. The van der Waals surface area contributed by atoms with E-state index in [1.165, 1.54) is 0 Å². The molecule has 0 atom stereocenters. The molecule has 0 aromatic rings. The predicted octanol–water partition coefficient (Wildman–Crippen LogP) is 1.36. The number of carboxylic acids is 1. The normalized spacial score (nSPS) is 18.6. The van der Waals surface area contributed by atoms with Crippen LogP contribution in [0.3, 0.4) is 0 Å². The minimum atomic E-state index is -4.36. The van der Waals surface area contributed by atoms with Gasteiger partial charge in [0, 0.05) is 19.8 Å². The third-order valence-corrected chi connectivity index (χ3v) is 2.62. The second-order valence-corrected chi connectivity index (χ2v) is 4.23. The SMILES string of the molecule is O=C(O)CN(CC1CCOCC1)CC(F)(F)F. The molecule has 1 fully saturated rings. The molecular weight excluding hydrogens is 239 g/mol. The second kappa shape index (κ2) is 6.20. The molecular formula is C10H16F3NO3. The third kappa shape index (κ3) is 6.48. The lowest BCUT2D eigenvalue weighted by molar-refractivity contribution is -0.155. The van der Waals surface area contributed by atoms with Crippen molar-refractivity contribution in [1.29, 1.82) is 0 Å². The smallest absolute Gasteiger partial charge is 0.401 e. The van der Waals surface area contributed by atoms with E-state index in [4.69, 9.17) is 9.84 Å². The van der Waals surface area contributed by atoms with Crippen LogP contribution in [-0.2, 0) is 9.53 Å². The highest BCUT2D eigenvalue weighted by Crippen LogP contribution is 2.20. The zero-order valence-corrected chi connectivity index (χ0v) is 9.37. The first kappa shape index (κ1) is 14.2. The Morgan fingerprint density at radius 1 is 1.35 bits per heavy atom. The molecule has 0 aromatic carbocycles. The van der Waals surface area contributed by atoms with Crippen molar-refractivity contribution in [2.24, 2.45) is 5.92 Å². The predicted molar refractivity (Wildman–Crippen MR) is 53.7 cm³/mol. The molecule has 0 amide bonds. The lowest BCUT2D eigenvalue weighted by atomic mass is 10.00. The van der Waals surface area contributed by atoms with E-state index in [1.54, 1.807) is 0 Å². The molecule has 1 rings (SSSR count). The highest BCUT2D eigenvalue weighted by atomic mass is 19.4. The van der Waals surface area contributed by atoms with Crippen LogP contribution in [0.15, 0.2) is 0 Å². The molecule has 0 bridgehead atoms. The van der Waals surface area contributed by atoms with Crippen LogP contribution < -0.4 is 0 Å². The summed E-state index contributed by atoms with van der Waals surface area (Å²) in [6.07, 6.45) is -2.98. The van der Waals surface area contributed by atoms with Gasteiger partial charge in [0.2, 0.25) is 0 Å². The Morgan fingerprint density at radius 2 is 1.94 bits per heavy atom. The zero-order chi connectivity index (χ0) is 12.9. The maximum atomic E-state index is 12.3. The molecule has 4 nitrogen and oxygen atoms in total. The van der Waals surface area contributed by atoms with Gasteiger partial charge < -0.3 is 9.84 Å². The quantitative estimate of drug-likeness (QED) is 0.806. The van der Waals surface area contributed by atoms with Gasteiger partial charge in [0.05, 0.1) is 13.1 Å². The van der Waals surface area contributed by atoms with E-state index in [1.807, 2.05) is 0 Å². The van der Waals surface area contributed by atoms with Crippen molar-refractivity contribution in [3.63, 3.8) is 0 Å². The van der Waals surface area contributed by atoms with Gasteiger partial charge in [-0.3, -0.25) is 9.69 Å². The number of ether oxygens (including phenoxy) is 1. The second-order valence-electron chi connectivity index (χ2n) is 4.23. The summed E-state index contributed by atoms with van der Waals surface area (Å²) >= 11 is 0. The fraction of sp³-hybridized carbons (Fsp3) is 0.900. The van der Waals surface area contributed by atoms with Crippen molar-refractivity contribution < 1.29 is 27.8 Å². The summed E-state index contributed by atoms with van der Waals surface area (Å²) in [6.45, 7) is -0.502. The molecule has 1 heterocycles. The van der Waals surface area contributed by atoms with Crippen LogP contribution in [0, 0.1) is 5.92 Å². The Hall–Kier alpha value is -0.820. The van der Waals surface area contributed by atoms with Crippen molar-refractivity contribution in [3.8, 4) is 0 Å². The number of nitrogens with zero attached hydrogens (tertiary/aromatic N) is 1. The van der Waals surface area contributed by atoms with Gasteiger partial charge in [0.15, 0.2) is 0 Å². The van der Waals surface area contributed by atoms with Crippen LogP contribution in [0.1, 0.15) is 12.8 Å². The summed E-state index contributed by atoms with van der Waals surface area (Å²) in [7, 11) is 0. The van der Waals surface area contributed by atoms with Crippen molar-refractivity contribution in [1.82, 2.24) is 4.90 Å². The van der Waals surface area contributed by atoms with Gasteiger partial charge in [0.25, 0.3) is 0 Å². The Kier molecular flexibility index (Phi) is 5.20. The van der Waals surface area contributed by atoms with E-state index in [0.717, 1.165) is 4.90 Å². The molecule has 7 heteroatoms. The maximum Gasteiger partial charge on any atom is 0.401 e. The van der Waals surface area contributed by atoms with E-state index >= 15 is 0 Å². The van der Waals surface area contributed by atoms with Crippen LogP contribution >= 0.6 is 0 Å². The highest BCUT2D eigenvalue weighted by Gasteiger charge is 2.32. The molecule has 1 N–H and O–H groups in total. The Bertz CT molecular complexity index is 252. The number of alkyl halides is 3. The molecule has 0 spiro atoms. The first-order valence-corrected chi connectivity index (χ1v) is 5.45. The number of hydrogen-bond acceptors (Lipinski definition) is 3. The summed E-state index contributed by atoms with van der Waals surface area (Å²) in [6, 6.07) is 0. The standard InChI is InChI=1S/C10H16F3NO3/c11-10(12,13)7-14(6-9(15)16)5-8-1-3-17-4-2-8/h8H,1-7H2,(H,15,16). The minimum absolute atomic E-state index is 0.0884. The van der Waals surface area contributed by atoms with Gasteiger partial charge in [-0.05, 0) is 18.8 Å². The summed E-state index contributed by atoms with van der Waals surface area (Å²) < 4.78 is 41.9. The number of halogens is 3. The maximum absolute atomic E-state index is 12.3. The van der Waals surface area contributed by atoms with Crippen LogP contribution in [-0.4, -0.2) is 55.0 Å². The van der Waals surface area contributed by atoms with Crippen molar-refractivity contribution in [2.45, 2.75) is 19.0 Å². The fourth-order valence-electron chi connectivity index (χ4n) is 1.92. The van der Waals surface area contributed by atoms with E-state index in [2.05, 4.69) is 0 Å². The van der Waals surface area contributed by atoms with Gasteiger partial charge in [-0.25, -0.2) is 0 Å². The number of carboxylic acid groups (broad SMARTS) is 1. The summed E-state index contributed by atoms with van der Waals surface area (Å²) in [5.41, 5.74) is 0. The third-order valence-electron chi connectivity index (χ3n) is 2.62. The average Bonchev–Trinajstić information content (AvgIpc) is 2.15. The molecule has 100 valence electrons. The zero-order valence-electron chi connectivity index (χ0n) is 9.37. The first-order valence-electron chi connectivity index (χ1n) is 5.45. The molecule has 17 heavy (non-hydrogen) atoms.